The highest BCUT2D eigenvalue weighted by Crippen LogP contribution is 2.15. The van der Waals surface area contributed by atoms with Crippen LogP contribution in [0.3, 0.4) is 0 Å². The Morgan fingerprint density at radius 2 is 1.71 bits per heavy atom. The minimum absolute atomic E-state index is 0.00903. The summed E-state index contributed by atoms with van der Waals surface area (Å²) in [6.07, 6.45) is 0.734. The Morgan fingerprint density at radius 1 is 1.00 bits per heavy atom. The maximum Gasteiger partial charge on any atom is 0.306 e. The lowest BCUT2D eigenvalue weighted by molar-refractivity contribution is -0.147. The lowest BCUT2D eigenvalue weighted by Gasteiger charge is -2.11. The van der Waals surface area contributed by atoms with E-state index in [1.165, 1.54) is 5.01 Å². The summed E-state index contributed by atoms with van der Waals surface area (Å²) in [7, 11) is 0. The second-order valence-electron chi connectivity index (χ2n) is 6.40. The van der Waals surface area contributed by atoms with E-state index in [2.05, 4.69) is 5.10 Å². The Bertz CT molecular complexity index is 892. The zero-order chi connectivity index (χ0) is 19.9. The van der Waals surface area contributed by atoms with Crippen molar-refractivity contribution in [3.63, 3.8) is 0 Å². The highest BCUT2D eigenvalue weighted by atomic mass is 16.5. The number of nitrogens with two attached hydrogens (primary N) is 1. The van der Waals surface area contributed by atoms with Crippen LogP contribution in [0.4, 0.5) is 0 Å². The van der Waals surface area contributed by atoms with Gasteiger partial charge < -0.3 is 10.5 Å². The number of benzene rings is 2. The standard InChI is InChI=1S/C21H21N3O4/c22-21(27)17-8-6-15(7-9-17)14-28-20(26)11-10-19(25)24-13-12-18(23-24)16-4-2-1-3-5-16/h1-9H,10-14H2,(H2,22,27). The SMILES string of the molecule is NC(=O)c1ccc(COC(=O)CCC(=O)N2CCC(c3ccccc3)=N2)cc1. The van der Waals surface area contributed by atoms with Crippen molar-refractivity contribution in [2.45, 2.75) is 25.9 Å². The first-order valence-electron chi connectivity index (χ1n) is 9.00. The van der Waals surface area contributed by atoms with Crippen LogP contribution in [-0.2, 0) is 20.9 Å². The molecule has 0 radical (unpaired) electrons. The number of nitrogens with zero attached hydrogens (tertiary/aromatic N) is 2. The number of amides is 2. The van der Waals surface area contributed by atoms with Gasteiger partial charge in [0.05, 0.1) is 18.7 Å². The van der Waals surface area contributed by atoms with Crippen molar-refractivity contribution in [1.29, 1.82) is 0 Å². The molecule has 0 aliphatic carbocycles. The highest BCUT2D eigenvalue weighted by molar-refractivity contribution is 6.02. The number of rotatable bonds is 7. The molecule has 0 saturated carbocycles. The van der Waals surface area contributed by atoms with Crippen molar-refractivity contribution in [3.8, 4) is 0 Å². The molecule has 2 N–H and O–H groups in total. The van der Waals surface area contributed by atoms with Gasteiger partial charge in [-0.2, -0.15) is 5.10 Å². The molecule has 2 aromatic rings. The topological polar surface area (TPSA) is 102 Å². The van der Waals surface area contributed by atoms with Gasteiger partial charge in [0.1, 0.15) is 6.61 Å². The van der Waals surface area contributed by atoms with E-state index in [1.807, 2.05) is 30.3 Å². The van der Waals surface area contributed by atoms with E-state index in [0.717, 1.165) is 16.8 Å². The van der Waals surface area contributed by atoms with Crippen LogP contribution >= 0.6 is 0 Å². The second kappa shape index (κ2) is 8.94. The van der Waals surface area contributed by atoms with Gasteiger partial charge in [0.15, 0.2) is 0 Å². The summed E-state index contributed by atoms with van der Waals surface area (Å²) in [6, 6.07) is 16.2. The molecule has 28 heavy (non-hydrogen) atoms. The van der Waals surface area contributed by atoms with Crippen LogP contribution in [0.15, 0.2) is 59.7 Å². The summed E-state index contributed by atoms with van der Waals surface area (Å²) in [4.78, 5) is 35.2. The number of hydrazone groups is 1. The molecule has 7 nitrogen and oxygen atoms in total. The van der Waals surface area contributed by atoms with E-state index >= 15 is 0 Å². The molecular formula is C21H21N3O4. The molecule has 0 unspecified atom stereocenters. The number of carbonyl (C=O) groups is 3. The zero-order valence-electron chi connectivity index (χ0n) is 15.3. The van der Waals surface area contributed by atoms with Crippen LogP contribution in [-0.4, -0.2) is 35.0 Å². The monoisotopic (exact) mass is 379 g/mol. The molecule has 0 fully saturated rings. The normalized spacial score (nSPS) is 13.1. The van der Waals surface area contributed by atoms with Crippen LogP contribution in [0.5, 0.6) is 0 Å². The van der Waals surface area contributed by atoms with E-state index in [0.29, 0.717) is 18.5 Å². The van der Waals surface area contributed by atoms with Gasteiger partial charge >= 0.3 is 5.97 Å². The summed E-state index contributed by atoms with van der Waals surface area (Å²) < 4.78 is 5.17. The highest BCUT2D eigenvalue weighted by Gasteiger charge is 2.22. The van der Waals surface area contributed by atoms with Crippen LogP contribution < -0.4 is 5.73 Å². The number of esters is 1. The van der Waals surface area contributed by atoms with Crippen LogP contribution in [0, 0.1) is 0 Å². The first-order valence-corrected chi connectivity index (χ1v) is 9.00. The van der Waals surface area contributed by atoms with Gasteiger partial charge in [-0.15, -0.1) is 0 Å². The molecule has 0 bridgehead atoms. The number of hydrogen-bond acceptors (Lipinski definition) is 5. The van der Waals surface area contributed by atoms with Crippen molar-refractivity contribution in [2.24, 2.45) is 10.8 Å². The molecule has 1 heterocycles. The summed E-state index contributed by atoms with van der Waals surface area (Å²) in [5, 5.41) is 5.78. The molecule has 3 rings (SSSR count). The average molecular weight is 379 g/mol. The maximum atomic E-state index is 12.3. The Morgan fingerprint density at radius 3 is 2.39 bits per heavy atom. The molecule has 144 valence electrons. The third kappa shape index (κ3) is 5.03. The van der Waals surface area contributed by atoms with E-state index < -0.39 is 11.9 Å². The fourth-order valence-electron chi connectivity index (χ4n) is 2.81. The predicted molar refractivity (Wildman–Crippen MR) is 103 cm³/mol. The molecule has 1 aliphatic heterocycles. The van der Waals surface area contributed by atoms with Crippen molar-refractivity contribution in [3.05, 3.63) is 71.3 Å². The maximum absolute atomic E-state index is 12.3. The molecular weight excluding hydrogens is 358 g/mol. The average Bonchev–Trinajstić information content (AvgIpc) is 3.22. The molecule has 2 amide bonds. The zero-order valence-corrected chi connectivity index (χ0v) is 15.3. The quantitative estimate of drug-likeness (QED) is 0.745. The Balaban J connectivity index is 1.44. The fourth-order valence-corrected chi connectivity index (χ4v) is 2.81. The fraction of sp³-hybridized carbons (Fsp3) is 0.238. The summed E-state index contributed by atoms with van der Waals surface area (Å²) in [6.45, 7) is 0.594. The number of ether oxygens (including phenoxy) is 1. The molecule has 7 heteroatoms. The van der Waals surface area contributed by atoms with E-state index in [4.69, 9.17) is 10.5 Å². The second-order valence-corrected chi connectivity index (χ2v) is 6.40. The van der Waals surface area contributed by atoms with Gasteiger partial charge in [0.2, 0.25) is 11.8 Å². The van der Waals surface area contributed by atoms with Crippen molar-refractivity contribution < 1.29 is 19.1 Å². The van der Waals surface area contributed by atoms with Crippen molar-refractivity contribution in [2.75, 3.05) is 6.54 Å². The first kappa shape index (κ1) is 19.3. The number of carbonyl (C=O) groups excluding carboxylic acids is 3. The van der Waals surface area contributed by atoms with Crippen LogP contribution in [0.1, 0.15) is 40.7 Å². The van der Waals surface area contributed by atoms with Crippen LogP contribution in [0.2, 0.25) is 0 Å². The van der Waals surface area contributed by atoms with Gasteiger partial charge in [-0.25, -0.2) is 5.01 Å². The molecule has 2 aromatic carbocycles. The summed E-state index contributed by atoms with van der Waals surface area (Å²) >= 11 is 0. The number of primary amides is 1. The third-order valence-electron chi connectivity index (χ3n) is 4.38. The minimum atomic E-state index is -0.512. The molecule has 0 saturated heterocycles. The van der Waals surface area contributed by atoms with E-state index in [-0.39, 0.29) is 25.4 Å². The van der Waals surface area contributed by atoms with Gasteiger partial charge in [-0.3, -0.25) is 14.4 Å². The summed E-state index contributed by atoms with van der Waals surface area (Å²) in [5.74, 6) is -1.17. The van der Waals surface area contributed by atoms with Crippen LogP contribution in [0.25, 0.3) is 0 Å². The van der Waals surface area contributed by atoms with Crippen molar-refractivity contribution >= 4 is 23.5 Å². The molecule has 0 spiro atoms. The molecule has 1 aliphatic rings. The Hall–Kier alpha value is -3.48. The predicted octanol–water partition coefficient (Wildman–Crippen LogP) is 2.25. The minimum Gasteiger partial charge on any atom is -0.461 e. The summed E-state index contributed by atoms with van der Waals surface area (Å²) in [5.41, 5.74) is 8.18. The van der Waals surface area contributed by atoms with Gasteiger partial charge in [0.25, 0.3) is 0 Å². The van der Waals surface area contributed by atoms with E-state index in [9.17, 15) is 14.4 Å². The first-order chi connectivity index (χ1) is 13.5. The largest absolute Gasteiger partial charge is 0.461 e. The van der Waals surface area contributed by atoms with Gasteiger partial charge in [0, 0.05) is 18.4 Å². The lowest BCUT2D eigenvalue weighted by atomic mass is 10.1. The third-order valence-corrected chi connectivity index (χ3v) is 4.38. The van der Waals surface area contributed by atoms with Crippen molar-refractivity contribution in [1.82, 2.24) is 5.01 Å². The molecule has 0 atom stereocenters. The Kier molecular flexibility index (Phi) is 6.16. The molecule has 0 aromatic heterocycles. The smallest absolute Gasteiger partial charge is 0.306 e. The van der Waals surface area contributed by atoms with Gasteiger partial charge in [-0.05, 0) is 23.3 Å². The van der Waals surface area contributed by atoms with Gasteiger partial charge in [-0.1, -0.05) is 42.5 Å². The Labute approximate surface area is 162 Å². The number of hydrogen-bond donors (Lipinski definition) is 1. The van der Waals surface area contributed by atoms with E-state index in [1.54, 1.807) is 24.3 Å². The lowest BCUT2D eigenvalue weighted by Crippen LogP contribution is -2.24.